The van der Waals surface area contributed by atoms with E-state index in [0.717, 1.165) is 48.8 Å². The summed E-state index contributed by atoms with van der Waals surface area (Å²) in [5.41, 5.74) is 6.71. The Bertz CT molecular complexity index is 1120. The summed E-state index contributed by atoms with van der Waals surface area (Å²) < 4.78 is 1.91. The Labute approximate surface area is 174 Å². The number of pyridine rings is 2. The SMILES string of the molecule is Cc1cccc(CN2CCN(C)C(c3nnn4cc(-c5ccsc5)ccc34)C2)n1. The maximum absolute atomic E-state index is 4.67. The van der Waals surface area contributed by atoms with Gasteiger partial charge in [-0.05, 0) is 54.6 Å². The van der Waals surface area contributed by atoms with Crippen LogP contribution >= 0.6 is 11.3 Å². The minimum absolute atomic E-state index is 0.220. The second-order valence-corrected chi connectivity index (χ2v) is 8.52. The van der Waals surface area contributed by atoms with E-state index >= 15 is 0 Å². The first-order chi connectivity index (χ1) is 14.2. The van der Waals surface area contributed by atoms with E-state index in [1.54, 1.807) is 11.3 Å². The number of nitrogens with zero attached hydrogens (tertiary/aromatic N) is 6. The molecule has 0 radical (unpaired) electrons. The first-order valence-corrected chi connectivity index (χ1v) is 10.8. The van der Waals surface area contributed by atoms with Crippen molar-refractivity contribution in [2.75, 3.05) is 26.7 Å². The van der Waals surface area contributed by atoms with Crippen LogP contribution in [0.2, 0.25) is 0 Å². The molecular weight excluding hydrogens is 380 g/mol. The lowest BCUT2D eigenvalue weighted by Gasteiger charge is -2.38. The maximum Gasteiger partial charge on any atom is 0.109 e. The molecule has 0 aliphatic carbocycles. The summed E-state index contributed by atoms with van der Waals surface area (Å²) in [4.78, 5) is 9.53. The van der Waals surface area contributed by atoms with Gasteiger partial charge in [0, 0.05) is 43.6 Å². The van der Waals surface area contributed by atoms with Gasteiger partial charge in [0.25, 0.3) is 0 Å². The molecule has 29 heavy (non-hydrogen) atoms. The lowest BCUT2D eigenvalue weighted by molar-refractivity contribution is 0.0880. The highest BCUT2D eigenvalue weighted by atomic mass is 32.1. The monoisotopic (exact) mass is 404 g/mol. The molecule has 0 aromatic carbocycles. The van der Waals surface area contributed by atoms with Gasteiger partial charge in [0.05, 0.1) is 17.3 Å². The van der Waals surface area contributed by atoms with Crippen molar-refractivity contribution in [3.63, 3.8) is 0 Å². The third-order valence-corrected chi connectivity index (χ3v) is 6.36. The predicted octanol–water partition coefficient (Wildman–Crippen LogP) is 3.65. The molecule has 4 aromatic rings. The van der Waals surface area contributed by atoms with Crippen LogP contribution in [0.4, 0.5) is 0 Å². The van der Waals surface area contributed by atoms with Crippen LogP contribution in [0.25, 0.3) is 16.6 Å². The average Bonchev–Trinajstić information content (AvgIpc) is 3.39. The zero-order chi connectivity index (χ0) is 19.8. The highest BCUT2D eigenvalue weighted by Crippen LogP contribution is 2.28. The van der Waals surface area contributed by atoms with Crippen molar-refractivity contribution in [1.82, 2.24) is 29.6 Å². The molecule has 1 saturated heterocycles. The number of fused-ring (bicyclic) bond motifs is 1. The van der Waals surface area contributed by atoms with Gasteiger partial charge in [-0.2, -0.15) is 11.3 Å². The van der Waals surface area contributed by atoms with E-state index in [2.05, 4.69) is 79.4 Å². The summed E-state index contributed by atoms with van der Waals surface area (Å²) in [5.74, 6) is 0. The van der Waals surface area contributed by atoms with E-state index < -0.39 is 0 Å². The van der Waals surface area contributed by atoms with Crippen molar-refractivity contribution in [2.24, 2.45) is 0 Å². The Hall–Kier alpha value is -2.61. The topological polar surface area (TPSA) is 49.6 Å². The van der Waals surface area contributed by atoms with Crippen molar-refractivity contribution in [3.8, 4) is 11.1 Å². The van der Waals surface area contributed by atoms with Gasteiger partial charge in [0.1, 0.15) is 5.69 Å². The van der Waals surface area contributed by atoms with Crippen LogP contribution in [-0.4, -0.2) is 56.3 Å². The molecule has 1 aliphatic heterocycles. The predicted molar refractivity (Wildman–Crippen MR) is 116 cm³/mol. The van der Waals surface area contributed by atoms with Crippen molar-refractivity contribution in [2.45, 2.75) is 19.5 Å². The van der Waals surface area contributed by atoms with Crippen LogP contribution in [0.15, 0.2) is 53.4 Å². The quantitative estimate of drug-likeness (QED) is 0.520. The van der Waals surface area contributed by atoms with E-state index in [0.29, 0.717) is 0 Å². The van der Waals surface area contributed by atoms with Crippen molar-refractivity contribution >= 4 is 16.9 Å². The molecule has 0 saturated carbocycles. The number of likely N-dealkylation sites (N-methyl/N-ethyl adjacent to an activating group) is 1. The molecule has 1 unspecified atom stereocenters. The molecule has 148 valence electrons. The average molecular weight is 405 g/mol. The highest BCUT2D eigenvalue weighted by molar-refractivity contribution is 7.08. The van der Waals surface area contributed by atoms with Gasteiger partial charge in [0.2, 0.25) is 0 Å². The molecular formula is C22H24N6S. The molecule has 6 nitrogen and oxygen atoms in total. The molecule has 1 fully saturated rings. The minimum atomic E-state index is 0.220. The Kier molecular flexibility index (Phi) is 4.87. The van der Waals surface area contributed by atoms with E-state index in [-0.39, 0.29) is 6.04 Å². The molecule has 0 amide bonds. The number of aryl methyl sites for hydroxylation is 1. The van der Waals surface area contributed by atoms with Gasteiger partial charge in [-0.25, -0.2) is 4.52 Å². The Morgan fingerprint density at radius 3 is 2.86 bits per heavy atom. The zero-order valence-electron chi connectivity index (χ0n) is 16.7. The number of aromatic nitrogens is 4. The van der Waals surface area contributed by atoms with Crippen LogP contribution in [0, 0.1) is 6.92 Å². The van der Waals surface area contributed by atoms with Crippen molar-refractivity contribution in [3.05, 3.63) is 70.4 Å². The van der Waals surface area contributed by atoms with E-state index in [1.165, 1.54) is 11.1 Å². The summed E-state index contributed by atoms with van der Waals surface area (Å²) in [6, 6.07) is 12.9. The summed E-state index contributed by atoms with van der Waals surface area (Å²) >= 11 is 1.71. The van der Waals surface area contributed by atoms with E-state index in [9.17, 15) is 0 Å². The molecule has 1 aliphatic rings. The first-order valence-electron chi connectivity index (χ1n) is 9.90. The lowest BCUT2D eigenvalue weighted by Crippen LogP contribution is -2.46. The van der Waals surface area contributed by atoms with Crippen molar-refractivity contribution < 1.29 is 0 Å². The summed E-state index contributed by atoms with van der Waals surface area (Å²) in [5, 5.41) is 13.3. The van der Waals surface area contributed by atoms with Crippen LogP contribution < -0.4 is 0 Å². The fourth-order valence-corrected chi connectivity index (χ4v) is 4.70. The smallest absolute Gasteiger partial charge is 0.109 e. The Morgan fingerprint density at radius 2 is 2.03 bits per heavy atom. The second-order valence-electron chi connectivity index (χ2n) is 7.74. The molecule has 0 N–H and O–H groups in total. The van der Waals surface area contributed by atoms with Gasteiger partial charge in [-0.3, -0.25) is 14.8 Å². The van der Waals surface area contributed by atoms with Crippen LogP contribution in [-0.2, 0) is 6.54 Å². The first kappa shape index (κ1) is 18.4. The lowest BCUT2D eigenvalue weighted by atomic mass is 10.1. The van der Waals surface area contributed by atoms with Crippen LogP contribution in [0.3, 0.4) is 0 Å². The Morgan fingerprint density at radius 1 is 1.10 bits per heavy atom. The van der Waals surface area contributed by atoms with Gasteiger partial charge in [-0.1, -0.05) is 17.3 Å². The minimum Gasteiger partial charge on any atom is -0.295 e. The number of hydrogen-bond donors (Lipinski definition) is 0. The fourth-order valence-electron chi connectivity index (χ4n) is 4.04. The van der Waals surface area contributed by atoms with Crippen LogP contribution in [0.5, 0.6) is 0 Å². The molecule has 5 rings (SSSR count). The van der Waals surface area contributed by atoms with Gasteiger partial charge < -0.3 is 0 Å². The van der Waals surface area contributed by atoms with Crippen LogP contribution in [0.1, 0.15) is 23.1 Å². The summed E-state index contributed by atoms with van der Waals surface area (Å²) in [7, 11) is 2.18. The van der Waals surface area contributed by atoms with E-state index in [1.807, 2.05) is 17.5 Å². The van der Waals surface area contributed by atoms with Gasteiger partial charge in [-0.15, -0.1) is 5.10 Å². The largest absolute Gasteiger partial charge is 0.295 e. The number of piperazine rings is 1. The molecule has 0 spiro atoms. The number of hydrogen-bond acceptors (Lipinski definition) is 6. The summed E-state index contributed by atoms with van der Waals surface area (Å²) in [6.07, 6.45) is 2.07. The molecule has 7 heteroatoms. The summed E-state index contributed by atoms with van der Waals surface area (Å²) in [6.45, 7) is 5.87. The third-order valence-electron chi connectivity index (χ3n) is 5.67. The normalized spacial score (nSPS) is 18.5. The Balaban J connectivity index is 1.40. The fraction of sp³-hybridized carbons (Fsp3) is 0.318. The molecule has 0 bridgehead atoms. The zero-order valence-corrected chi connectivity index (χ0v) is 17.5. The number of rotatable bonds is 4. The second kappa shape index (κ2) is 7.67. The standard InChI is InChI=1S/C22H24N6S/c1-16-4-3-5-19(23-16)13-27-10-9-26(2)21(14-27)22-20-7-6-17(12-28(20)25-24-22)18-8-11-29-15-18/h3-8,11-12,15,21H,9-10,13-14H2,1-2H3. The van der Waals surface area contributed by atoms with E-state index in [4.69, 9.17) is 0 Å². The maximum atomic E-state index is 4.67. The van der Waals surface area contributed by atoms with Gasteiger partial charge in [0.15, 0.2) is 0 Å². The van der Waals surface area contributed by atoms with Crippen molar-refractivity contribution in [1.29, 1.82) is 0 Å². The third kappa shape index (κ3) is 3.69. The molecule has 5 heterocycles. The highest BCUT2D eigenvalue weighted by Gasteiger charge is 2.29. The molecule has 4 aromatic heterocycles. The van der Waals surface area contributed by atoms with Gasteiger partial charge >= 0.3 is 0 Å². The molecule has 1 atom stereocenters. The number of thiophene rings is 1.